The molecule has 1 aromatic heterocycles. The Bertz CT molecular complexity index is 1280. The number of anilines is 2. The monoisotopic (exact) mass is 467 g/mol. The lowest BCUT2D eigenvalue weighted by molar-refractivity contribution is -0.122. The number of rotatable bonds is 6. The molecule has 0 bridgehead atoms. The molecule has 0 radical (unpaired) electrons. The van der Waals surface area contributed by atoms with Crippen molar-refractivity contribution in [3.8, 4) is 11.1 Å². The van der Waals surface area contributed by atoms with Crippen LogP contribution in [-0.2, 0) is 16.1 Å². The fraction of sp³-hybridized carbons (Fsp3) is 0.179. The van der Waals surface area contributed by atoms with Crippen LogP contribution in [0.25, 0.3) is 11.1 Å². The summed E-state index contributed by atoms with van der Waals surface area (Å²) >= 11 is 0. The number of aromatic nitrogens is 1. The van der Waals surface area contributed by atoms with Crippen LogP contribution in [0.3, 0.4) is 0 Å². The molecule has 0 spiro atoms. The third kappa shape index (κ3) is 4.94. The van der Waals surface area contributed by atoms with Gasteiger partial charge in [0.25, 0.3) is 5.91 Å². The smallest absolute Gasteiger partial charge is 0.410 e. The SMILES string of the molecule is O=C(C1CCCN1C(=O)OCc1ccccc1)N(c1cccc(-c2ccccc2)c1)c1cnco1. The Kier molecular flexibility index (Phi) is 6.57. The first-order valence-corrected chi connectivity index (χ1v) is 11.6. The minimum Gasteiger partial charge on any atom is -0.445 e. The van der Waals surface area contributed by atoms with Crippen LogP contribution in [0, 0.1) is 0 Å². The number of carbonyl (C=O) groups excluding carboxylic acids is 2. The number of likely N-dealkylation sites (tertiary alicyclic amines) is 1. The lowest BCUT2D eigenvalue weighted by Gasteiger charge is -2.28. The van der Waals surface area contributed by atoms with Gasteiger partial charge in [-0.05, 0) is 41.7 Å². The minimum absolute atomic E-state index is 0.155. The molecule has 1 saturated heterocycles. The first-order chi connectivity index (χ1) is 17.2. The molecule has 0 aliphatic carbocycles. The summed E-state index contributed by atoms with van der Waals surface area (Å²) in [5.74, 6) is 0.0332. The number of carbonyl (C=O) groups is 2. The molecule has 1 aliphatic rings. The van der Waals surface area contributed by atoms with Gasteiger partial charge in [-0.2, -0.15) is 0 Å². The van der Waals surface area contributed by atoms with Crippen molar-refractivity contribution in [3.63, 3.8) is 0 Å². The summed E-state index contributed by atoms with van der Waals surface area (Å²) in [6.07, 6.45) is 3.55. The molecule has 35 heavy (non-hydrogen) atoms. The molecule has 0 N–H and O–H groups in total. The van der Waals surface area contributed by atoms with Gasteiger partial charge in [-0.15, -0.1) is 0 Å². The highest BCUT2D eigenvalue weighted by Crippen LogP contribution is 2.32. The zero-order valence-corrected chi connectivity index (χ0v) is 19.1. The van der Waals surface area contributed by atoms with Crippen molar-refractivity contribution in [1.29, 1.82) is 0 Å². The van der Waals surface area contributed by atoms with Gasteiger partial charge in [-0.25, -0.2) is 14.7 Å². The van der Waals surface area contributed by atoms with Crippen LogP contribution < -0.4 is 4.90 Å². The van der Waals surface area contributed by atoms with Crippen molar-refractivity contribution >= 4 is 23.6 Å². The van der Waals surface area contributed by atoms with Crippen LogP contribution in [0.4, 0.5) is 16.4 Å². The second-order valence-electron chi connectivity index (χ2n) is 8.32. The normalized spacial score (nSPS) is 15.1. The van der Waals surface area contributed by atoms with Gasteiger partial charge in [0, 0.05) is 6.54 Å². The predicted molar refractivity (Wildman–Crippen MR) is 132 cm³/mol. The van der Waals surface area contributed by atoms with E-state index in [-0.39, 0.29) is 12.5 Å². The molecule has 1 atom stereocenters. The number of benzene rings is 3. The molecular formula is C28H25N3O4. The Morgan fingerprint density at radius 2 is 1.71 bits per heavy atom. The van der Waals surface area contributed by atoms with Gasteiger partial charge in [-0.1, -0.05) is 72.8 Å². The zero-order chi connectivity index (χ0) is 24.0. The lowest BCUT2D eigenvalue weighted by atomic mass is 10.0. The van der Waals surface area contributed by atoms with E-state index in [9.17, 15) is 9.59 Å². The molecule has 2 heterocycles. The molecule has 3 aromatic carbocycles. The van der Waals surface area contributed by atoms with Crippen molar-refractivity contribution in [2.75, 3.05) is 11.4 Å². The molecule has 1 fully saturated rings. The Morgan fingerprint density at radius 1 is 0.971 bits per heavy atom. The maximum absolute atomic E-state index is 13.9. The Balaban J connectivity index is 1.40. The summed E-state index contributed by atoms with van der Waals surface area (Å²) in [7, 11) is 0. The van der Waals surface area contributed by atoms with Gasteiger partial charge < -0.3 is 9.15 Å². The van der Waals surface area contributed by atoms with Gasteiger partial charge in [-0.3, -0.25) is 9.69 Å². The van der Waals surface area contributed by atoms with E-state index in [4.69, 9.17) is 9.15 Å². The predicted octanol–water partition coefficient (Wildman–Crippen LogP) is 5.81. The Labute approximate surface area is 203 Å². The van der Waals surface area contributed by atoms with E-state index >= 15 is 0 Å². The number of hydrogen-bond acceptors (Lipinski definition) is 5. The Hall–Kier alpha value is -4.39. The summed E-state index contributed by atoms with van der Waals surface area (Å²) in [6, 6.07) is 26.4. The van der Waals surface area contributed by atoms with Gasteiger partial charge >= 0.3 is 6.09 Å². The van der Waals surface area contributed by atoms with Crippen molar-refractivity contribution in [1.82, 2.24) is 9.88 Å². The second-order valence-corrected chi connectivity index (χ2v) is 8.32. The average molecular weight is 468 g/mol. The average Bonchev–Trinajstić information content (AvgIpc) is 3.62. The second kappa shape index (κ2) is 10.3. The first-order valence-electron chi connectivity index (χ1n) is 11.6. The van der Waals surface area contributed by atoms with Crippen molar-refractivity contribution in [2.45, 2.75) is 25.5 Å². The summed E-state index contributed by atoms with van der Waals surface area (Å²) in [6.45, 7) is 0.611. The van der Waals surface area contributed by atoms with Gasteiger partial charge in [0.1, 0.15) is 12.6 Å². The molecular weight excluding hydrogens is 442 g/mol. The van der Waals surface area contributed by atoms with Crippen LogP contribution in [0.1, 0.15) is 18.4 Å². The molecule has 0 saturated carbocycles. The van der Waals surface area contributed by atoms with Crippen molar-refractivity contribution in [3.05, 3.63) is 103 Å². The van der Waals surface area contributed by atoms with Crippen molar-refractivity contribution < 1.29 is 18.7 Å². The van der Waals surface area contributed by atoms with E-state index in [1.807, 2.05) is 84.9 Å². The van der Waals surface area contributed by atoms with E-state index in [1.54, 1.807) is 0 Å². The lowest BCUT2D eigenvalue weighted by Crippen LogP contribution is -2.46. The van der Waals surface area contributed by atoms with E-state index in [2.05, 4.69) is 4.98 Å². The first kappa shape index (κ1) is 22.4. The van der Waals surface area contributed by atoms with E-state index < -0.39 is 12.1 Å². The standard InChI is InChI=1S/C28H25N3O4/c32-27(25-15-8-16-30(25)28(33)34-19-21-9-3-1-4-10-21)31(26-18-29-20-35-26)24-14-7-13-23(17-24)22-11-5-2-6-12-22/h1-7,9-14,17-18,20,25H,8,15-16,19H2. The molecule has 4 aromatic rings. The maximum atomic E-state index is 13.9. The van der Waals surface area contributed by atoms with Gasteiger partial charge in [0.2, 0.25) is 5.88 Å². The third-order valence-corrected chi connectivity index (χ3v) is 6.05. The summed E-state index contributed by atoms with van der Waals surface area (Å²) in [4.78, 5) is 33.8. The topological polar surface area (TPSA) is 75.9 Å². The molecule has 2 amide bonds. The van der Waals surface area contributed by atoms with Crippen molar-refractivity contribution in [2.24, 2.45) is 0 Å². The molecule has 1 unspecified atom stereocenters. The summed E-state index contributed by atoms with van der Waals surface area (Å²) < 4.78 is 11.1. The number of amides is 2. The van der Waals surface area contributed by atoms with Crippen LogP contribution >= 0.6 is 0 Å². The number of hydrogen-bond donors (Lipinski definition) is 0. The molecule has 1 aliphatic heterocycles. The zero-order valence-electron chi connectivity index (χ0n) is 19.1. The largest absolute Gasteiger partial charge is 0.445 e. The highest BCUT2D eigenvalue weighted by atomic mass is 16.6. The number of oxazole rings is 1. The van der Waals surface area contributed by atoms with Gasteiger partial charge in [0.05, 0.1) is 11.9 Å². The highest BCUT2D eigenvalue weighted by molar-refractivity contribution is 6.04. The van der Waals surface area contributed by atoms with E-state index in [1.165, 1.54) is 22.4 Å². The molecule has 7 nitrogen and oxygen atoms in total. The van der Waals surface area contributed by atoms with Crippen LogP contribution in [-0.4, -0.2) is 34.5 Å². The summed E-state index contributed by atoms with van der Waals surface area (Å²) in [5, 5.41) is 0. The molecule has 7 heteroatoms. The quantitative estimate of drug-likeness (QED) is 0.358. The van der Waals surface area contributed by atoms with Crippen LogP contribution in [0.2, 0.25) is 0 Å². The minimum atomic E-state index is -0.663. The molecule has 5 rings (SSSR count). The van der Waals surface area contributed by atoms with E-state index in [0.717, 1.165) is 16.7 Å². The highest BCUT2D eigenvalue weighted by Gasteiger charge is 2.39. The fourth-order valence-corrected chi connectivity index (χ4v) is 4.33. The fourth-order valence-electron chi connectivity index (χ4n) is 4.33. The number of nitrogens with zero attached hydrogens (tertiary/aromatic N) is 3. The molecule has 176 valence electrons. The third-order valence-electron chi connectivity index (χ3n) is 6.05. The number of ether oxygens (including phenoxy) is 1. The Morgan fingerprint density at radius 3 is 2.46 bits per heavy atom. The van der Waals surface area contributed by atoms with Crippen LogP contribution in [0.5, 0.6) is 0 Å². The van der Waals surface area contributed by atoms with Gasteiger partial charge in [0.15, 0.2) is 6.39 Å². The summed E-state index contributed by atoms with van der Waals surface area (Å²) in [5.41, 5.74) is 3.53. The van der Waals surface area contributed by atoms with Crippen LogP contribution in [0.15, 0.2) is 102 Å². The maximum Gasteiger partial charge on any atom is 0.410 e. The van der Waals surface area contributed by atoms with E-state index in [0.29, 0.717) is 31.0 Å².